The lowest BCUT2D eigenvalue weighted by molar-refractivity contribution is -0.122. The Labute approximate surface area is 132 Å². The number of amides is 1. The molecule has 1 unspecified atom stereocenters. The van der Waals surface area contributed by atoms with Crippen LogP contribution in [0.2, 0.25) is 0 Å². The van der Waals surface area contributed by atoms with E-state index in [1.165, 1.54) is 0 Å². The Kier molecular flexibility index (Phi) is 4.90. The first-order valence-corrected chi connectivity index (χ1v) is 8.95. The van der Waals surface area contributed by atoms with Crippen molar-refractivity contribution < 1.29 is 4.79 Å². The molecule has 0 bridgehead atoms. The summed E-state index contributed by atoms with van der Waals surface area (Å²) in [6.07, 6.45) is 0.773. The van der Waals surface area contributed by atoms with Gasteiger partial charge in [0.05, 0.1) is 11.7 Å². The van der Waals surface area contributed by atoms with Crippen molar-refractivity contribution in [3.05, 3.63) is 41.4 Å². The number of hydrogen-bond donors (Lipinski definition) is 2. The molecule has 3 rings (SSSR count). The molecule has 110 valence electrons. The maximum Gasteiger partial charge on any atom is 0.238 e. The maximum absolute atomic E-state index is 11.9. The molecule has 2 N–H and O–H groups in total. The molecule has 4 nitrogen and oxygen atoms in total. The molecule has 2 heterocycles. The van der Waals surface area contributed by atoms with Gasteiger partial charge in [-0.2, -0.15) is 0 Å². The maximum atomic E-state index is 11.9. The zero-order chi connectivity index (χ0) is 14.5. The monoisotopic (exact) mass is 319 g/mol. The Morgan fingerprint density at radius 3 is 3.00 bits per heavy atom. The van der Waals surface area contributed by atoms with E-state index < -0.39 is 0 Å². The van der Waals surface area contributed by atoms with E-state index in [9.17, 15) is 4.79 Å². The van der Waals surface area contributed by atoms with Gasteiger partial charge < -0.3 is 5.32 Å². The molecule has 1 amide bonds. The molecule has 0 saturated carbocycles. The van der Waals surface area contributed by atoms with Crippen LogP contribution in [-0.4, -0.2) is 35.1 Å². The molecule has 6 heteroatoms. The molecule has 1 aliphatic heterocycles. The molecule has 0 aliphatic carbocycles. The topological polar surface area (TPSA) is 54.0 Å². The molecular weight excluding hydrogens is 302 g/mol. The molecule has 2 aromatic rings. The first-order valence-electron chi connectivity index (χ1n) is 6.91. The minimum Gasteiger partial charge on any atom is -0.354 e. The number of rotatable bonds is 5. The Bertz CT molecular complexity index is 594. The highest BCUT2D eigenvalue weighted by molar-refractivity contribution is 7.99. The van der Waals surface area contributed by atoms with Crippen LogP contribution in [0.15, 0.2) is 35.7 Å². The Balaban J connectivity index is 1.50. The number of benzene rings is 1. The van der Waals surface area contributed by atoms with Crippen molar-refractivity contribution in [2.45, 2.75) is 12.5 Å². The molecule has 0 spiro atoms. The van der Waals surface area contributed by atoms with Gasteiger partial charge in [-0.3, -0.25) is 10.1 Å². The van der Waals surface area contributed by atoms with Gasteiger partial charge >= 0.3 is 0 Å². The second-order valence-corrected chi connectivity index (χ2v) is 6.71. The lowest BCUT2D eigenvalue weighted by Gasteiger charge is -2.09. The van der Waals surface area contributed by atoms with Gasteiger partial charge in [0, 0.05) is 35.5 Å². The number of aromatic nitrogens is 1. The fourth-order valence-electron chi connectivity index (χ4n) is 2.14. The minimum atomic E-state index is -0.0367. The van der Waals surface area contributed by atoms with E-state index in [2.05, 4.69) is 33.1 Å². The quantitative estimate of drug-likeness (QED) is 0.886. The van der Waals surface area contributed by atoms with Crippen LogP contribution in [0.3, 0.4) is 0 Å². The van der Waals surface area contributed by atoms with Crippen molar-refractivity contribution in [1.29, 1.82) is 0 Å². The van der Waals surface area contributed by atoms with Gasteiger partial charge in [0.25, 0.3) is 0 Å². The Hall–Kier alpha value is -1.37. The second-order valence-electron chi connectivity index (χ2n) is 4.82. The summed E-state index contributed by atoms with van der Waals surface area (Å²) in [5, 5.41) is 9.24. The van der Waals surface area contributed by atoms with E-state index in [1.807, 2.05) is 18.2 Å². The predicted molar refractivity (Wildman–Crippen MR) is 88.5 cm³/mol. The van der Waals surface area contributed by atoms with Gasteiger partial charge in [0.2, 0.25) is 5.91 Å². The number of hydrogen-bond acceptors (Lipinski definition) is 5. The average Bonchev–Trinajstić information content (AvgIpc) is 3.20. The summed E-state index contributed by atoms with van der Waals surface area (Å²) < 4.78 is 0. The summed E-state index contributed by atoms with van der Waals surface area (Å²) in [7, 11) is 0. The third kappa shape index (κ3) is 3.84. The molecule has 1 saturated heterocycles. The lowest BCUT2D eigenvalue weighted by atomic mass is 10.2. The third-order valence-corrected chi connectivity index (χ3v) is 5.17. The van der Waals surface area contributed by atoms with Crippen LogP contribution in [0.1, 0.15) is 5.69 Å². The van der Waals surface area contributed by atoms with Crippen molar-refractivity contribution in [1.82, 2.24) is 15.6 Å². The third-order valence-electron chi connectivity index (χ3n) is 3.29. The predicted octanol–water partition coefficient (Wildman–Crippen LogP) is 2.13. The highest BCUT2D eigenvalue weighted by Gasteiger charge is 2.21. The summed E-state index contributed by atoms with van der Waals surface area (Å²) in [4.78, 5) is 16.5. The SMILES string of the molecule is O=C(NCCc1csc(-c2ccccc2)n1)C1CSCN1. The highest BCUT2D eigenvalue weighted by atomic mass is 32.2. The fourth-order valence-corrected chi connectivity index (χ4v) is 3.94. The average molecular weight is 319 g/mol. The zero-order valence-corrected chi connectivity index (χ0v) is 13.2. The van der Waals surface area contributed by atoms with Crippen LogP contribution in [0.5, 0.6) is 0 Å². The van der Waals surface area contributed by atoms with E-state index in [0.717, 1.165) is 34.3 Å². The van der Waals surface area contributed by atoms with Crippen molar-refractivity contribution in [2.75, 3.05) is 18.2 Å². The van der Waals surface area contributed by atoms with Crippen LogP contribution in [0, 0.1) is 0 Å². The van der Waals surface area contributed by atoms with E-state index in [4.69, 9.17) is 0 Å². The standard InChI is InChI=1S/C15H17N3OS2/c19-14(13-9-20-10-17-13)16-7-6-12-8-21-15(18-12)11-4-2-1-3-5-11/h1-5,8,13,17H,6-7,9-10H2,(H,16,19). The smallest absolute Gasteiger partial charge is 0.238 e. The Morgan fingerprint density at radius 2 is 2.24 bits per heavy atom. The fraction of sp³-hybridized carbons (Fsp3) is 0.333. The van der Waals surface area contributed by atoms with Crippen molar-refractivity contribution >= 4 is 29.0 Å². The molecule has 1 aromatic heterocycles. The molecule has 1 atom stereocenters. The van der Waals surface area contributed by atoms with Crippen molar-refractivity contribution in [3.8, 4) is 10.6 Å². The number of thiazole rings is 1. The number of nitrogens with zero attached hydrogens (tertiary/aromatic N) is 1. The summed E-state index contributed by atoms with van der Waals surface area (Å²) in [5.74, 6) is 1.82. The summed E-state index contributed by atoms with van der Waals surface area (Å²) >= 11 is 3.41. The molecule has 0 radical (unpaired) electrons. The van der Waals surface area contributed by atoms with Crippen LogP contribution in [0.4, 0.5) is 0 Å². The molecule has 21 heavy (non-hydrogen) atoms. The van der Waals surface area contributed by atoms with Crippen LogP contribution < -0.4 is 10.6 Å². The number of thioether (sulfide) groups is 1. The van der Waals surface area contributed by atoms with Gasteiger partial charge in [-0.05, 0) is 0 Å². The first kappa shape index (κ1) is 14.6. The van der Waals surface area contributed by atoms with Gasteiger partial charge in [-0.25, -0.2) is 4.98 Å². The van der Waals surface area contributed by atoms with Gasteiger partial charge in [-0.1, -0.05) is 30.3 Å². The first-order chi connectivity index (χ1) is 10.3. The van der Waals surface area contributed by atoms with Crippen LogP contribution in [-0.2, 0) is 11.2 Å². The number of carbonyl (C=O) groups is 1. The summed E-state index contributed by atoms with van der Waals surface area (Å²) in [5.41, 5.74) is 2.18. The molecule has 1 aromatic carbocycles. The van der Waals surface area contributed by atoms with E-state index in [0.29, 0.717) is 6.54 Å². The van der Waals surface area contributed by atoms with E-state index in [-0.39, 0.29) is 11.9 Å². The molecular formula is C15H17N3OS2. The lowest BCUT2D eigenvalue weighted by Crippen LogP contribution is -2.42. The van der Waals surface area contributed by atoms with Gasteiger partial charge in [0.15, 0.2) is 0 Å². The zero-order valence-electron chi connectivity index (χ0n) is 11.5. The summed E-state index contributed by atoms with van der Waals surface area (Å²) in [6, 6.07) is 10.1. The highest BCUT2D eigenvalue weighted by Crippen LogP contribution is 2.23. The number of nitrogens with one attached hydrogen (secondary N) is 2. The normalized spacial score (nSPS) is 17.8. The van der Waals surface area contributed by atoms with Crippen LogP contribution in [0.25, 0.3) is 10.6 Å². The van der Waals surface area contributed by atoms with Gasteiger partial charge in [0.1, 0.15) is 5.01 Å². The van der Waals surface area contributed by atoms with E-state index >= 15 is 0 Å². The van der Waals surface area contributed by atoms with Gasteiger partial charge in [-0.15, -0.1) is 23.1 Å². The van der Waals surface area contributed by atoms with Crippen molar-refractivity contribution in [2.24, 2.45) is 0 Å². The van der Waals surface area contributed by atoms with Crippen LogP contribution >= 0.6 is 23.1 Å². The van der Waals surface area contributed by atoms with E-state index in [1.54, 1.807) is 23.1 Å². The minimum absolute atomic E-state index is 0.0367. The molecule has 1 aliphatic rings. The number of carbonyl (C=O) groups excluding carboxylic acids is 1. The largest absolute Gasteiger partial charge is 0.354 e. The van der Waals surface area contributed by atoms with Crippen molar-refractivity contribution in [3.63, 3.8) is 0 Å². The Morgan fingerprint density at radius 1 is 1.38 bits per heavy atom. The summed E-state index contributed by atoms with van der Waals surface area (Å²) in [6.45, 7) is 0.639. The second kappa shape index (κ2) is 7.06. The molecule has 1 fully saturated rings.